The topological polar surface area (TPSA) is 17.1 Å². The van der Waals surface area contributed by atoms with Crippen molar-refractivity contribution in [2.24, 2.45) is 11.3 Å². The number of carbonyl (C=O) groups is 1. The van der Waals surface area contributed by atoms with Gasteiger partial charge in [0, 0.05) is 6.42 Å². The summed E-state index contributed by atoms with van der Waals surface area (Å²) in [6.07, 6.45) is 1.90. The van der Waals surface area contributed by atoms with Gasteiger partial charge in [0.05, 0.1) is 4.83 Å². The molecular weight excluding hydrogens is 204 g/mol. The Morgan fingerprint density at radius 1 is 1.55 bits per heavy atom. The maximum absolute atomic E-state index is 11.4. The summed E-state index contributed by atoms with van der Waals surface area (Å²) in [7, 11) is 0. The maximum Gasteiger partial charge on any atom is 0.147 e. The molecule has 2 atom stereocenters. The molecule has 0 spiro atoms. The van der Waals surface area contributed by atoms with Crippen LogP contribution in [0.5, 0.6) is 0 Å². The van der Waals surface area contributed by atoms with Gasteiger partial charge >= 0.3 is 0 Å². The molecule has 1 rings (SSSR count). The summed E-state index contributed by atoms with van der Waals surface area (Å²) in [6.45, 7) is 6.46. The Hall–Kier alpha value is 0.150. The highest BCUT2D eigenvalue weighted by atomic mass is 79.9. The second-order valence-corrected chi connectivity index (χ2v) is 5.25. The molecule has 0 heterocycles. The van der Waals surface area contributed by atoms with E-state index in [1.807, 2.05) is 0 Å². The van der Waals surface area contributed by atoms with E-state index in [4.69, 9.17) is 0 Å². The van der Waals surface area contributed by atoms with Crippen molar-refractivity contribution < 1.29 is 4.79 Å². The first-order valence-corrected chi connectivity index (χ1v) is 5.02. The van der Waals surface area contributed by atoms with Gasteiger partial charge in [-0.2, -0.15) is 0 Å². The minimum Gasteiger partial charge on any atom is -0.298 e. The van der Waals surface area contributed by atoms with Crippen LogP contribution in [0.15, 0.2) is 0 Å². The van der Waals surface area contributed by atoms with E-state index in [2.05, 4.69) is 36.7 Å². The Bertz CT molecular complexity index is 174. The van der Waals surface area contributed by atoms with Gasteiger partial charge < -0.3 is 0 Å². The van der Waals surface area contributed by atoms with E-state index in [-0.39, 0.29) is 10.2 Å². The zero-order chi connectivity index (χ0) is 8.65. The summed E-state index contributed by atoms with van der Waals surface area (Å²) < 4.78 is 0. The van der Waals surface area contributed by atoms with Crippen molar-refractivity contribution in [3.8, 4) is 0 Å². The Balaban J connectivity index is 2.75. The van der Waals surface area contributed by atoms with Crippen LogP contribution in [-0.4, -0.2) is 10.6 Å². The minimum absolute atomic E-state index is 0.0752. The second kappa shape index (κ2) is 2.89. The van der Waals surface area contributed by atoms with Crippen LogP contribution >= 0.6 is 15.9 Å². The van der Waals surface area contributed by atoms with Crippen LogP contribution in [0, 0.1) is 11.3 Å². The fourth-order valence-corrected chi connectivity index (χ4v) is 2.33. The highest BCUT2D eigenvalue weighted by Gasteiger charge is 2.38. The SMILES string of the molecule is CC1CC(=O)C(Br)C(C)(C)C1. The van der Waals surface area contributed by atoms with Gasteiger partial charge in [-0.05, 0) is 17.8 Å². The van der Waals surface area contributed by atoms with Crippen molar-refractivity contribution in [1.82, 2.24) is 0 Å². The molecule has 0 bridgehead atoms. The van der Waals surface area contributed by atoms with E-state index >= 15 is 0 Å². The van der Waals surface area contributed by atoms with E-state index in [9.17, 15) is 4.79 Å². The largest absolute Gasteiger partial charge is 0.298 e. The van der Waals surface area contributed by atoms with Crippen molar-refractivity contribution in [3.63, 3.8) is 0 Å². The molecule has 0 aromatic carbocycles. The number of hydrogen-bond acceptors (Lipinski definition) is 1. The standard InChI is InChI=1S/C9H15BrO/c1-6-4-7(11)8(10)9(2,3)5-6/h6,8H,4-5H2,1-3H3. The molecular formula is C9H15BrO. The van der Waals surface area contributed by atoms with Crippen molar-refractivity contribution in [2.45, 2.75) is 38.4 Å². The number of halogens is 1. The summed E-state index contributed by atoms with van der Waals surface area (Å²) in [5.41, 5.74) is 0.148. The van der Waals surface area contributed by atoms with Crippen LogP contribution in [0.1, 0.15) is 33.6 Å². The van der Waals surface area contributed by atoms with E-state index < -0.39 is 0 Å². The van der Waals surface area contributed by atoms with E-state index in [1.54, 1.807) is 0 Å². The van der Waals surface area contributed by atoms with Gasteiger partial charge in [-0.3, -0.25) is 4.79 Å². The first-order chi connectivity index (χ1) is 4.93. The van der Waals surface area contributed by atoms with Crippen LogP contribution in [0.4, 0.5) is 0 Å². The fourth-order valence-electron chi connectivity index (χ4n) is 1.96. The Morgan fingerprint density at radius 2 is 2.09 bits per heavy atom. The van der Waals surface area contributed by atoms with E-state index in [1.165, 1.54) is 0 Å². The van der Waals surface area contributed by atoms with Crippen LogP contribution in [0.3, 0.4) is 0 Å². The highest BCUT2D eigenvalue weighted by Crippen LogP contribution is 2.40. The Labute approximate surface area is 76.7 Å². The lowest BCUT2D eigenvalue weighted by Gasteiger charge is -2.37. The molecule has 0 saturated heterocycles. The molecule has 1 aliphatic rings. The zero-order valence-corrected chi connectivity index (χ0v) is 8.94. The number of ketones is 1. The van der Waals surface area contributed by atoms with Crippen molar-refractivity contribution in [3.05, 3.63) is 0 Å². The summed E-state index contributed by atoms with van der Waals surface area (Å²) in [4.78, 5) is 11.4. The smallest absolute Gasteiger partial charge is 0.147 e. The molecule has 1 aliphatic carbocycles. The zero-order valence-electron chi connectivity index (χ0n) is 7.36. The molecule has 0 radical (unpaired) electrons. The average molecular weight is 219 g/mol. The molecule has 0 amide bonds. The highest BCUT2D eigenvalue weighted by molar-refractivity contribution is 9.10. The number of Topliss-reactive ketones (excluding diaryl/α,β-unsaturated/α-hetero) is 1. The summed E-state index contributed by atoms with van der Waals surface area (Å²) in [5, 5.41) is 0. The van der Waals surface area contributed by atoms with Crippen LogP contribution in [0.2, 0.25) is 0 Å². The predicted octanol–water partition coefficient (Wildman–Crippen LogP) is 2.78. The Kier molecular flexibility index (Phi) is 2.43. The third kappa shape index (κ3) is 1.84. The molecule has 2 heteroatoms. The number of alkyl halides is 1. The number of carbonyl (C=O) groups excluding carboxylic acids is 1. The van der Waals surface area contributed by atoms with Gasteiger partial charge in [-0.15, -0.1) is 0 Å². The monoisotopic (exact) mass is 218 g/mol. The van der Waals surface area contributed by atoms with E-state index in [0.29, 0.717) is 11.7 Å². The molecule has 0 aliphatic heterocycles. The van der Waals surface area contributed by atoms with Crippen molar-refractivity contribution in [2.75, 3.05) is 0 Å². The molecule has 0 aromatic rings. The Morgan fingerprint density at radius 3 is 2.55 bits per heavy atom. The van der Waals surface area contributed by atoms with Crippen molar-refractivity contribution >= 4 is 21.7 Å². The molecule has 1 nitrogen and oxygen atoms in total. The van der Waals surface area contributed by atoms with Gasteiger partial charge in [0.1, 0.15) is 5.78 Å². The molecule has 11 heavy (non-hydrogen) atoms. The van der Waals surface area contributed by atoms with Gasteiger partial charge in [0.2, 0.25) is 0 Å². The predicted molar refractivity (Wildman–Crippen MR) is 49.9 cm³/mol. The van der Waals surface area contributed by atoms with Gasteiger partial charge in [0.15, 0.2) is 0 Å². The quantitative estimate of drug-likeness (QED) is 0.572. The third-order valence-electron chi connectivity index (χ3n) is 2.39. The summed E-state index contributed by atoms with van der Waals surface area (Å²) >= 11 is 3.45. The molecule has 64 valence electrons. The van der Waals surface area contributed by atoms with E-state index in [0.717, 1.165) is 12.8 Å². The molecule has 1 saturated carbocycles. The average Bonchev–Trinajstić information content (AvgIpc) is 1.81. The third-order valence-corrected chi connectivity index (χ3v) is 4.14. The first kappa shape index (κ1) is 9.24. The number of hydrogen-bond donors (Lipinski definition) is 0. The molecule has 1 fully saturated rings. The van der Waals surface area contributed by atoms with Crippen molar-refractivity contribution in [1.29, 1.82) is 0 Å². The molecule has 0 N–H and O–H groups in total. The van der Waals surface area contributed by atoms with Crippen LogP contribution in [0.25, 0.3) is 0 Å². The fraction of sp³-hybridized carbons (Fsp3) is 0.889. The van der Waals surface area contributed by atoms with Gasteiger partial charge in [-0.25, -0.2) is 0 Å². The molecule has 2 unspecified atom stereocenters. The minimum atomic E-state index is 0.0752. The normalized spacial score (nSPS) is 37.3. The van der Waals surface area contributed by atoms with Crippen LogP contribution < -0.4 is 0 Å². The van der Waals surface area contributed by atoms with Crippen LogP contribution in [-0.2, 0) is 4.79 Å². The number of rotatable bonds is 0. The lowest BCUT2D eigenvalue weighted by Crippen LogP contribution is -2.38. The van der Waals surface area contributed by atoms with Gasteiger partial charge in [0.25, 0.3) is 0 Å². The summed E-state index contributed by atoms with van der Waals surface area (Å²) in [6, 6.07) is 0. The second-order valence-electron chi connectivity index (χ2n) is 4.33. The lowest BCUT2D eigenvalue weighted by molar-refractivity contribution is -0.123. The molecule has 0 aromatic heterocycles. The van der Waals surface area contributed by atoms with Gasteiger partial charge in [-0.1, -0.05) is 36.7 Å². The lowest BCUT2D eigenvalue weighted by atomic mass is 9.72. The summed E-state index contributed by atoms with van der Waals surface area (Å²) in [5.74, 6) is 0.931. The maximum atomic E-state index is 11.4. The first-order valence-electron chi connectivity index (χ1n) is 4.10.